The third-order valence-corrected chi connectivity index (χ3v) is 4.63. The number of anilines is 1. The van der Waals surface area contributed by atoms with Crippen molar-refractivity contribution in [1.29, 1.82) is 0 Å². The second-order valence-corrected chi connectivity index (χ2v) is 7.29. The number of nitrogens with zero attached hydrogens (tertiary/aromatic N) is 5. The van der Waals surface area contributed by atoms with Crippen LogP contribution in [0.3, 0.4) is 0 Å². The molecule has 0 saturated heterocycles. The maximum atomic E-state index is 12.6. The number of nitrogens with one attached hydrogen (secondary N) is 2. The van der Waals surface area contributed by atoms with E-state index < -0.39 is 18.8 Å². The van der Waals surface area contributed by atoms with Crippen molar-refractivity contribution in [2.45, 2.75) is 26.2 Å². The number of hydrogen-bond acceptors (Lipinski definition) is 7. The number of ether oxygens (including phenoxy) is 1. The zero-order valence-electron chi connectivity index (χ0n) is 18.1. The van der Waals surface area contributed by atoms with E-state index in [0.29, 0.717) is 23.7 Å². The van der Waals surface area contributed by atoms with Crippen LogP contribution in [0.4, 0.5) is 23.8 Å². The van der Waals surface area contributed by atoms with Crippen LogP contribution in [0.25, 0.3) is 10.9 Å². The van der Waals surface area contributed by atoms with E-state index in [1.807, 2.05) is 7.05 Å². The van der Waals surface area contributed by atoms with Gasteiger partial charge in [0.05, 0.1) is 11.2 Å². The molecule has 1 amide bonds. The molecule has 10 nitrogen and oxygen atoms in total. The van der Waals surface area contributed by atoms with Crippen molar-refractivity contribution in [3.05, 3.63) is 60.3 Å². The molecule has 3 heterocycles. The van der Waals surface area contributed by atoms with Crippen molar-refractivity contribution in [3.8, 4) is 11.6 Å². The Morgan fingerprint density at radius 1 is 1.15 bits per heavy atom. The van der Waals surface area contributed by atoms with Gasteiger partial charge in [0.15, 0.2) is 5.82 Å². The molecule has 0 unspecified atom stereocenters. The van der Waals surface area contributed by atoms with E-state index in [0.717, 1.165) is 15.8 Å². The lowest BCUT2D eigenvalue weighted by molar-refractivity contribution is -0.142. The Balaban J connectivity index is 1.43. The monoisotopic (exact) mass is 475 g/mol. The van der Waals surface area contributed by atoms with E-state index in [-0.39, 0.29) is 11.5 Å². The summed E-state index contributed by atoms with van der Waals surface area (Å²) in [4.78, 5) is 25.7. The molecule has 4 aromatic rings. The first-order valence-electron chi connectivity index (χ1n) is 10.1. The van der Waals surface area contributed by atoms with Crippen LogP contribution >= 0.6 is 0 Å². The number of aromatic nitrogens is 5. The van der Waals surface area contributed by atoms with Crippen molar-refractivity contribution in [1.82, 2.24) is 29.8 Å². The highest BCUT2D eigenvalue weighted by atomic mass is 19.4. The van der Waals surface area contributed by atoms with Gasteiger partial charge in [-0.25, -0.2) is 14.8 Å². The number of rotatable bonds is 7. The largest absolute Gasteiger partial charge is 0.439 e. The van der Waals surface area contributed by atoms with E-state index in [2.05, 4.69) is 25.7 Å². The minimum atomic E-state index is -4.43. The Kier molecular flexibility index (Phi) is 6.36. The summed E-state index contributed by atoms with van der Waals surface area (Å²) in [5, 5.41) is 9.79. The van der Waals surface area contributed by atoms with E-state index in [1.165, 1.54) is 30.2 Å². The Morgan fingerprint density at radius 3 is 2.74 bits per heavy atom. The summed E-state index contributed by atoms with van der Waals surface area (Å²) >= 11 is 0. The first-order valence-corrected chi connectivity index (χ1v) is 10.1. The molecule has 0 aliphatic rings. The van der Waals surface area contributed by atoms with Crippen LogP contribution in [-0.4, -0.2) is 43.8 Å². The summed E-state index contributed by atoms with van der Waals surface area (Å²) in [5.41, 5.74) is 1.59. The van der Waals surface area contributed by atoms with Crippen LogP contribution in [0.5, 0.6) is 11.6 Å². The number of amides is 1. The molecule has 13 heteroatoms. The summed E-state index contributed by atoms with van der Waals surface area (Å²) in [6.45, 7) is 0.772. The molecule has 34 heavy (non-hydrogen) atoms. The van der Waals surface area contributed by atoms with E-state index in [9.17, 15) is 18.0 Å². The highest BCUT2D eigenvalue weighted by molar-refractivity contribution is 5.86. The van der Waals surface area contributed by atoms with Crippen molar-refractivity contribution in [2.24, 2.45) is 0 Å². The van der Waals surface area contributed by atoms with Crippen LogP contribution in [0.15, 0.2) is 48.9 Å². The molecule has 0 fully saturated rings. The number of benzene rings is 1. The minimum Gasteiger partial charge on any atom is -0.439 e. The number of carbonyl (C=O) groups excluding carboxylic acids is 1. The molecular formula is C21H20F3N7O3. The van der Waals surface area contributed by atoms with Gasteiger partial charge in [-0.1, -0.05) is 0 Å². The third kappa shape index (κ3) is 5.61. The predicted molar refractivity (Wildman–Crippen MR) is 115 cm³/mol. The summed E-state index contributed by atoms with van der Waals surface area (Å²) in [7, 11) is 1.81. The second-order valence-electron chi connectivity index (χ2n) is 7.29. The Bertz CT molecular complexity index is 1320. The highest BCUT2D eigenvalue weighted by Crippen LogP contribution is 2.25. The summed E-state index contributed by atoms with van der Waals surface area (Å²) in [6, 6.07) is 9.87. The van der Waals surface area contributed by atoms with Crippen LogP contribution in [-0.2, 0) is 13.1 Å². The number of hydrogen-bond donors (Lipinski definition) is 2. The van der Waals surface area contributed by atoms with Gasteiger partial charge in [-0.3, -0.25) is 10.00 Å². The van der Waals surface area contributed by atoms with Gasteiger partial charge in [-0.15, -0.1) is 0 Å². The van der Waals surface area contributed by atoms with Gasteiger partial charge in [0, 0.05) is 36.0 Å². The summed E-state index contributed by atoms with van der Waals surface area (Å²) in [6.07, 6.45) is -2.40. The summed E-state index contributed by atoms with van der Waals surface area (Å²) < 4.78 is 45.6. The fraction of sp³-hybridized carbons (Fsp3) is 0.238. The number of aryl methyl sites for hydroxylation is 1. The molecule has 3 aromatic heterocycles. The molecule has 0 aliphatic carbocycles. The molecular weight excluding hydrogens is 455 g/mol. The first kappa shape index (κ1) is 23.0. The minimum absolute atomic E-state index is 0.0543. The van der Waals surface area contributed by atoms with E-state index >= 15 is 0 Å². The van der Waals surface area contributed by atoms with Gasteiger partial charge in [-0.05, 0) is 38.2 Å². The zero-order valence-corrected chi connectivity index (χ0v) is 18.1. The lowest BCUT2D eigenvalue weighted by Crippen LogP contribution is -2.25. The molecule has 0 spiro atoms. The van der Waals surface area contributed by atoms with Crippen molar-refractivity contribution in [3.63, 3.8) is 0 Å². The molecule has 0 atom stereocenters. The van der Waals surface area contributed by atoms with Crippen molar-refractivity contribution in [2.75, 3.05) is 12.4 Å². The Morgan fingerprint density at radius 2 is 1.97 bits per heavy atom. The van der Waals surface area contributed by atoms with Crippen molar-refractivity contribution < 1.29 is 27.5 Å². The van der Waals surface area contributed by atoms with Gasteiger partial charge < -0.3 is 14.9 Å². The number of alkyl halides is 3. The Labute approximate surface area is 191 Å². The highest BCUT2D eigenvalue weighted by Gasteiger charge is 2.29. The van der Waals surface area contributed by atoms with Gasteiger partial charge in [0.2, 0.25) is 5.88 Å². The van der Waals surface area contributed by atoms with Crippen LogP contribution in [0.2, 0.25) is 0 Å². The second kappa shape index (κ2) is 9.39. The first-order chi connectivity index (χ1) is 16.2. The smallest absolute Gasteiger partial charge is 0.437 e. The van der Waals surface area contributed by atoms with Crippen molar-refractivity contribution >= 4 is 22.8 Å². The van der Waals surface area contributed by atoms with E-state index in [4.69, 9.17) is 9.57 Å². The van der Waals surface area contributed by atoms with Gasteiger partial charge in [-0.2, -0.15) is 23.0 Å². The fourth-order valence-corrected chi connectivity index (χ4v) is 3.19. The predicted octanol–water partition coefficient (Wildman–Crippen LogP) is 3.67. The van der Waals surface area contributed by atoms with Crippen LogP contribution < -0.4 is 20.2 Å². The molecule has 0 bridgehead atoms. The lowest BCUT2D eigenvalue weighted by Gasteiger charge is -2.08. The SMILES string of the molecule is CNCc1cc(Oc2ccc3c(ccn3OC(=O)Nc3cc(C)n(CC(F)(F)F)n3)c2)ncn1. The molecule has 0 radical (unpaired) electrons. The van der Waals surface area contributed by atoms with Crippen LogP contribution in [0.1, 0.15) is 11.4 Å². The van der Waals surface area contributed by atoms with Gasteiger partial charge >= 0.3 is 12.3 Å². The zero-order chi connectivity index (χ0) is 24.3. The molecule has 4 rings (SSSR count). The average molecular weight is 475 g/mol. The molecule has 2 N–H and O–H groups in total. The normalized spacial score (nSPS) is 11.6. The maximum absolute atomic E-state index is 12.6. The average Bonchev–Trinajstić information content (AvgIpc) is 3.29. The maximum Gasteiger partial charge on any atom is 0.437 e. The standard InChI is InChI=1S/C21H20F3N7O3/c1-13-7-18(29-30(13)11-21(22,23)24)28-20(32)34-31-6-5-14-8-16(3-4-17(14)31)33-19-9-15(10-25-2)26-12-27-19/h3-9,12,25H,10-11H2,1-2H3,(H,28,29,32). The molecule has 178 valence electrons. The number of carbonyl (C=O) groups is 1. The molecule has 0 saturated carbocycles. The van der Waals surface area contributed by atoms with E-state index in [1.54, 1.807) is 30.3 Å². The summed E-state index contributed by atoms with van der Waals surface area (Å²) in [5.74, 6) is 0.853. The number of halogens is 3. The fourth-order valence-electron chi connectivity index (χ4n) is 3.19. The van der Waals surface area contributed by atoms with Gasteiger partial charge in [0.1, 0.15) is 18.6 Å². The third-order valence-electron chi connectivity index (χ3n) is 4.63. The van der Waals surface area contributed by atoms with Crippen LogP contribution in [0, 0.1) is 6.92 Å². The lowest BCUT2D eigenvalue weighted by atomic mass is 10.2. The van der Waals surface area contributed by atoms with Gasteiger partial charge in [0.25, 0.3) is 0 Å². The quantitative estimate of drug-likeness (QED) is 0.420. The number of fused-ring (bicyclic) bond motifs is 1. The molecule has 1 aromatic carbocycles. The molecule has 0 aliphatic heterocycles. The Hall–Kier alpha value is -4.13. The topological polar surface area (TPSA) is 108 Å².